The van der Waals surface area contributed by atoms with E-state index in [0.717, 1.165) is 4.90 Å². The minimum absolute atomic E-state index is 0.683. The second-order valence-corrected chi connectivity index (χ2v) is 7.41. The third kappa shape index (κ3) is 3.92. The Hall–Kier alpha value is -2.56. The fourth-order valence-corrected chi connectivity index (χ4v) is 3.86. The molecule has 5 rings (SSSR count). The SMILES string of the molecule is NSc1cccc2ccccc12.c1ccc(-c2cncn2C2CCC2)cc1. The van der Waals surface area contributed by atoms with E-state index in [2.05, 4.69) is 52.0 Å². The van der Waals surface area contributed by atoms with Crippen molar-refractivity contribution < 1.29 is 0 Å². The van der Waals surface area contributed by atoms with Crippen LogP contribution in [0.15, 0.2) is 90.2 Å². The number of rotatable bonds is 3. The number of aromatic nitrogens is 2. The molecule has 1 fully saturated rings. The van der Waals surface area contributed by atoms with Gasteiger partial charge in [-0.05, 0) is 53.6 Å². The van der Waals surface area contributed by atoms with Crippen LogP contribution in [0.4, 0.5) is 0 Å². The van der Waals surface area contributed by atoms with E-state index in [1.165, 1.54) is 53.2 Å². The van der Waals surface area contributed by atoms with Crippen molar-refractivity contribution in [2.24, 2.45) is 5.14 Å². The maximum Gasteiger partial charge on any atom is 0.0953 e. The van der Waals surface area contributed by atoms with Crippen molar-refractivity contribution in [2.45, 2.75) is 30.2 Å². The molecule has 3 aromatic carbocycles. The molecule has 0 radical (unpaired) electrons. The van der Waals surface area contributed by atoms with Gasteiger partial charge in [0.15, 0.2) is 0 Å². The molecule has 4 heteroatoms. The minimum Gasteiger partial charge on any atom is -0.328 e. The molecule has 1 heterocycles. The number of hydrogen-bond donors (Lipinski definition) is 1. The molecule has 0 atom stereocenters. The summed E-state index contributed by atoms with van der Waals surface area (Å²) in [4.78, 5) is 5.40. The molecule has 0 aliphatic heterocycles. The first-order chi connectivity index (χ1) is 13.4. The molecule has 0 unspecified atom stereocenters. The van der Waals surface area contributed by atoms with Crippen molar-refractivity contribution in [2.75, 3.05) is 0 Å². The lowest BCUT2D eigenvalue weighted by Gasteiger charge is -2.28. The zero-order valence-corrected chi connectivity index (χ0v) is 16.0. The van der Waals surface area contributed by atoms with Crippen LogP contribution in [0, 0.1) is 0 Å². The van der Waals surface area contributed by atoms with Gasteiger partial charge in [0, 0.05) is 10.9 Å². The molecule has 1 aromatic heterocycles. The van der Waals surface area contributed by atoms with Crippen LogP contribution in [0.1, 0.15) is 25.3 Å². The Balaban J connectivity index is 0.000000137. The number of hydrogen-bond acceptors (Lipinski definition) is 3. The summed E-state index contributed by atoms with van der Waals surface area (Å²) >= 11 is 1.30. The van der Waals surface area contributed by atoms with E-state index in [1.807, 2.05) is 42.9 Å². The Morgan fingerprint density at radius 1 is 0.889 bits per heavy atom. The van der Waals surface area contributed by atoms with Crippen LogP contribution in [0.25, 0.3) is 22.0 Å². The average molecular weight is 374 g/mol. The smallest absolute Gasteiger partial charge is 0.0953 e. The van der Waals surface area contributed by atoms with Crippen LogP contribution in [0.2, 0.25) is 0 Å². The van der Waals surface area contributed by atoms with Gasteiger partial charge in [-0.3, -0.25) is 5.14 Å². The van der Waals surface area contributed by atoms with E-state index in [9.17, 15) is 0 Å². The Kier molecular flexibility index (Phi) is 5.56. The summed E-state index contributed by atoms with van der Waals surface area (Å²) in [7, 11) is 0. The topological polar surface area (TPSA) is 43.8 Å². The predicted molar refractivity (Wildman–Crippen MR) is 115 cm³/mol. The lowest BCUT2D eigenvalue weighted by molar-refractivity contribution is 0.316. The second-order valence-electron chi connectivity index (χ2n) is 6.73. The summed E-state index contributed by atoms with van der Waals surface area (Å²) < 4.78 is 2.32. The number of nitrogens with zero attached hydrogens (tertiary/aromatic N) is 2. The molecule has 1 aliphatic carbocycles. The fraction of sp³-hybridized carbons (Fsp3) is 0.174. The predicted octanol–water partition coefficient (Wildman–Crippen LogP) is 6.08. The van der Waals surface area contributed by atoms with E-state index in [-0.39, 0.29) is 0 Å². The zero-order chi connectivity index (χ0) is 18.5. The fourth-order valence-electron chi connectivity index (χ4n) is 3.39. The third-order valence-electron chi connectivity index (χ3n) is 5.08. The number of benzene rings is 3. The van der Waals surface area contributed by atoms with E-state index < -0.39 is 0 Å². The highest BCUT2D eigenvalue weighted by atomic mass is 32.2. The Bertz CT molecular complexity index is 1000. The summed E-state index contributed by atoms with van der Waals surface area (Å²) in [6.07, 6.45) is 7.89. The Morgan fingerprint density at radius 3 is 2.37 bits per heavy atom. The maximum atomic E-state index is 5.53. The molecule has 0 spiro atoms. The van der Waals surface area contributed by atoms with Crippen LogP contribution in [-0.2, 0) is 0 Å². The van der Waals surface area contributed by atoms with Gasteiger partial charge in [-0.1, -0.05) is 66.7 Å². The Labute approximate surface area is 164 Å². The molecule has 4 aromatic rings. The monoisotopic (exact) mass is 373 g/mol. The molecule has 136 valence electrons. The van der Waals surface area contributed by atoms with Gasteiger partial charge in [0.2, 0.25) is 0 Å². The first kappa shape index (κ1) is 17.8. The molecule has 3 nitrogen and oxygen atoms in total. The van der Waals surface area contributed by atoms with Crippen molar-refractivity contribution in [3.8, 4) is 11.3 Å². The summed E-state index contributed by atoms with van der Waals surface area (Å²) in [6, 6.07) is 25.6. The molecule has 0 amide bonds. The first-order valence-corrected chi connectivity index (χ1v) is 10.2. The maximum absolute atomic E-state index is 5.53. The molecule has 0 saturated heterocycles. The number of imidazole rings is 1. The van der Waals surface area contributed by atoms with Gasteiger partial charge in [-0.25, -0.2) is 4.98 Å². The van der Waals surface area contributed by atoms with Gasteiger partial charge >= 0.3 is 0 Å². The number of fused-ring (bicyclic) bond motifs is 1. The minimum atomic E-state index is 0.683. The van der Waals surface area contributed by atoms with Gasteiger partial charge in [-0.2, -0.15) is 0 Å². The summed E-state index contributed by atoms with van der Waals surface area (Å²) in [5.41, 5.74) is 2.52. The quantitative estimate of drug-likeness (QED) is 0.443. The highest BCUT2D eigenvalue weighted by Crippen LogP contribution is 2.35. The Morgan fingerprint density at radius 2 is 1.63 bits per heavy atom. The summed E-state index contributed by atoms with van der Waals surface area (Å²) in [5, 5.41) is 8.01. The normalized spacial score (nSPS) is 13.7. The number of nitrogens with two attached hydrogens (primary N) is 1. The van der Waals surface area contributed by atoms with Crippen LogP contribution < -0.4 is 5.14 Å². The van der Waals surface area contributed by atoms with Crippen LogP contribution in [0.5, 0.6) is 0 Å². The van der Waals surface area contributed by atoms with Gasteiger partial charge < -0.3 is 4.57 Å². The average Bonchev–Trinajstić information content (AvgIpc) is 3.16. The van der Waals surface area contributed by atoms with E-state index in [0.29, 0.717) is 6.04 Å². The highest BCUT2D eigenvalue weighted by Gasteiger charge is 2.21. The third-order valence-corrected chi connectivity index (χ3v) is 5.69. The van der Waals surface area contributed by atoms with Crippen molar-refractivity contribution >= 4 is 22.7 Å². The van der Waals surface area contributed by atoms with Crippen LogP contribution >= 0.6 is 11.9 Å². The van der Waals surface area contributed by atoms with Crippen LogP contribution in [-0.4, -0.2) is 9.55 Å². The van der Waals surface area contributed by atoms with Gasteiger partial charge in [0.1, 0.15) is 0 Å². The molecule has 1 saturated carbocycles. The van der Waals surface area contributed by atoms with Crippen molar-refractivity contribution in [3.63, 3.8) is 0 Å². The molecular weight excluding hydrogens is 350 g/mol. The molecule has 27 heavy (non-hydrogen) atoms. The van der Waals surface area contributed by atoms with E-state index in [4.69, 9.17) is 5.14 Å². The van der Waals surface area contributed by atoms with E-state index in [1.54, 1.807) is 0 Å². The van der Waals surface area contributed by atoms with Gasteiger partial charge in [-0.15, -0.1) is 0 Å². The lowest BCUT2D eigenvalue weighted by Crippen LogP contribution is -2.16. The molecule has 0 bridgehead atoms. The zero-order valence-electron chi connectivity index (χ0n) is 15.2. The molecule has 1 aliphatic rings. The molecular formula is C23H23N3S. The van der Waals surface area contributed by atoms with Gasteiger partial charge in [0.25, 0.3) is 0 Å². The van der Waals surface area contributed by atoms with Crippen LogP contribution in [0.3, 0.4) is 0 Å². The van der Waals surface area contributed by atoms with Gasteiger partial charge in [0.05, 0.1) is 18.2 Å². The highest BCUT2D eigenvalue weighted by molar-refractivity contribution is 7.97. The van der Waals surface area contributed by atoms with Crippen molar-refractivity contribution in [1.82, 2.24) is 9.55 Å². The standard InChI is InChI=1S/C13H14N2.C10H9NS/c1-2-5-11(6-3-1)13-9-14-10-15(13)12-7-4-8-12;11-12-10-7-3-5-8-4-1-2-6-9(8)10/h1-3,5-6,9-10,12H,4,7-8H2;1-7H,11H2. The second kappa shape index (κ2) is 8.42. The van der Waals surface area contributed by atoms with Crippen molar-refractivity contribution in [3.05, 3.63) is 85.3 Å². The van der Waals surface area contributed by atoms with E-state index >= 15 is 0 Å². The van der Waals surface area contributed by atoms with Crippen molar-refractivity contribution in [1.29, 1.82) is 0 Å². The summed E-state index contributed by atoms with van der Waals surface area (Å²) in [6.45, 7) is 0. The first-order valence-electron chi connectivity index (χ1n) is 9.28. The molecule has 2 N–H and O–H groups in total. The largest absolute Gasteiger partial charge is 0.328 e. The lowest BCUT2D eigenvalue weighted by atomic mass is 9.92. The summed E-state index contributed by atoms with van der Waals surface area (Å²) in [5.74, 6) is 0.